The van der Waals surface area contributed by atoms with Gasteiger partial charge in [-0.15, -0.1) is 0 Å². The number of hydrogen-bond acceptors (Lipinski definition) is 5. The summed E-state index contributed by atoms with van der Waals surface area (Å²) >= 11 is 0. The van der Waals surface area contributed by atoms with Crippen LogP contribution in [0.5, 0.6) is 5.75 Å². The van der Waals surface area contributed by atoms with E-state index in [1.54, 1.807) is 0 Å². The number of aromatic nitrogens is 2. The van der Waals surface area contributed by atoms with E-state index < -0.39 is 22.4 Å². The molecule has 0 spiro atoms. The van der Waals surface area contributed by atoms with Gasteiger partial charge in [-0.25, -0.2) is 12.8 Å². The van der Waals surface area contributed by atoms with Gasteiger partial charge < -0.3 is 9.84 Å². The molecule has 0 atom stereocenters. The van der Waals surface area contributed by atoms with Crippen LogP contribution in [-0.2, 0) is 16.6 Å². The van der Waals surface area contributed by atoms with Gasteiger partial charge in [0.1, 0.15) is 10.6 Å². The van der Waals surface area contributed by atoms with Crippen LogP contribution < -0.4 is 9.46 Å². The van der Waals surface area contributed by atoms with E-state index in [-0.39, 0.29) is 27.7 Å². The number of hydrogen-bond donors (Lipinski definition) is 3. The second-order valence-corrected chi connectivity index (χ2v) is 5.86. The fourth-order valence-electron chi connectivity index (χ4n) is 1.87. The number of benzene rings is 1. The molecule has 7 nitrogen and oxygen atoms in total. The summed E-state index contributed by atoms with van der Waals surface area (Å²) in [6.45, 7) is 0.979. The van der Waals surface area contributed by atoms with Crippen molar-refractivity contribution in [2.45, 2.75) is 18.4 Å². The molecule has 2 aromatic rings. The molecular formula is C12H14FN3O4S. The van der Waals surface area contributed by atoms with Gasteiger partial charge in [0.15, 0.2) is 11.6 Å². The second kappa shape index (κ2) is 5.70. The van der Waals surface area contributed by atoms with Gasteiger partial charge in [-0.1, -0.05) is 0 Å². The van der Waals surface area contributed by atoms with Gasteiger partial charge in [0.05, 0.1) is 25.1 Å². The van der Waals surface area contributed by atoms with Crippen molar-refractivity contribution in [1.82, 2.24) is 10.2 Å². The first-order valence-corrected chi connectivity index (χ1v) is 7.38. The summed E-state index contributed by atoms with van der Waals surface area (Å²) in [6, 6.07) is 3.68. The van der Waals surface area contributed by atoms with E-state index in [1.165, 1.54) is 26.2 Å². The van der Waals surface area contributed by atoms with E-state index in [2.05, 4.69) is 14.9 Å². The molecule has 0 fully saturated rings. The smallest absolute Gasteiger partial charge is 0.265 e. The zero-order valence-corrected chi connectivity index (χ0v) is 12.2. The first-order chi connectivity index (χ1) is 9.89. The van der Waals surface area contributed by atoms with Crippen LogP contribution in [0.2, 0.25) is 0 Å². The normalized spacial score (nSPS) is 11.4. The van der Waals surface area contributed by atoms with Crippen LogP contribution in [0.3, 0.4) is 0 Å². The van der Waals surface area contributed by atoms with Crippen LogP contribution in [0, 0.1) is 12.7 Å². The first kappa shape index (κ1) is 15.3. The molecule has 0 saturated carbocycles. The van der Waals surface area contributed by atoms with Crippen LogP contribution in [0.15, 0.2) is 23.1 Å². The van der Waals surface area contributed by atoms with Gasteiger partial charge in [-0.05, 0) is 19.1 Å². The molecule has 0 radical (unpaired) electrons. The Morgan fingerprint density at radius 1 is 1.48 bits per heavy atom. The lowest BCUT2D eigenvalue weighted by Gasteiger charge is -2.10. The number of sulfonamides is 1. The molecule has 1 heterocycles. The lowest BCUT2D eigenvalue weighted by molar-refractivity contribution is 0.273. The fourth-order valence-corrected chi connectivity index (χ4v) is 3.28. The van der Waals surface area contributed by atoms with Crippen LogP contribution in [0.25, 0.3) is 0 Å². The Morgan fingerprint density at radius 3 is 2.76 bits per heavy atom. The Balaban J connectivity index is 2.37. The molecule has 1 aromatic carbocycles. The topological polar surface area (TPSA) is 104 Å². The molecule has 0 bridgehead atoms. The lowest BCUT2D eigenvalue weighted by atomic mass is 10.3. The molecular weight excluding hydrogens is 301 g/mol. The van der Waals surface area contributed by atoms with Crippen molar-refractivity contribution in [3.63, 3.8) is 0 Å². The number of methoxy groups -OCH3 is 1. The van der Waals surface area contributed by atoms with E-state index in [4.69, 9.17) is 9.84 Å². The third kappa shape index (κ3) is 2.98. The molecule has 0 aliphatic rings. The minimum Gasteiger partial charge on any atom is -0.494 e. The van der Waals surface area contributed by atoms with Crippen molar-refractivity contribution in [3.8, 4) is 5.75 Å². The quantitative estimate of drug-likeness (QED) is 0.768. The zero-order chi connectivity index (χ0) is 15.6. The number of aromatic amines is 1. The third-order valence-electron chi connectivity index (χ3n) is 2.78. The molecule has 21 heavy (non-hydrogen) atoms. The SMILES string of the molecule is COc1ccc(NS(=O)(=O)c2c(CO)n[nH]c2C)cc1F. The molecule has 0 unspecified atom stereocenters. The van der Waals surface area contributed by atoms with Crippen LogP contribution in [0.1, 0.15) is 11.4 Å². The molecule has 0 amide bonds. The highest BCUT2D eigenvalue weighted by Crippen LogP contribution is 2.25. The number of aliphatic hydroxyl groups is 1. The summed E-state index contributed by atoms with van der Waals surface area (Å²) in [5.74, 6) is -0.683. The van der Waals surface area contributed by atoms with Crippen molar-refractivity contribution < 1.29 is 22.7 Å². The van der Waals surface area contributed by atoms with Crippen LogP contribution in [-0.4, -0.2) is 30.8 Å². The molecule has 3 N–H and O–H groups in total. The van der Waals surface area contributed by atoms with Crippen LogP contribution >= 0.6 is 0 Å². The van der Waals surface area contributed by atoms with Gasteiger partial charge in [-0.3, -0.25) is 9.82 Å². The molecule has 9 heteroatoms. The Hall–Kier alpha value is -2.13. The predicted molar refractivity (Wildman–Crippen MR) is 73.0 cm³/mol. The maximum atomic E-state index is 13.6. The summed E-state index contributed by atoms with van der Waals surface area (Å²) in [6.07, 6.45) is 0. The standard InChI is InChI=1S/C12H14FN3O4S/c1-7-12(10(6-17)15-14-7)21(18,19)16-8-3-4-11(20-2)9(13)5-8/h3-5,16-17H,6H2,1-2H3,(H,14,15). The average molecular weight is 315 g/mol. The summed E-state index contributed by atoms with van der Waals surface area (Å²) in [5, 5.41) is 15.3. The highest BCUT2D eigenvalue weighted by Gasteiger charge is 2.24. The number of ether oxygens (including phenoxy) is 1. The Kier molecular flexibility index (Phi) is 4.14. The maximum absolute atomic E-state index is 13.6. The first-order valence-electron chi connectivity index (χ1n) is 5.90. The third-order valence-corrected chi connectivity index (χ3v) is 4.37. The van der Waals surface area contributed by atoms with E-state index >= 15 is 0 Å². The van der Waals surface area contributed by atoms with E-state index in [0.717, 1.165) is 6.07 Å². The van der Waals surface area contributed by atoms with Crippen molar-refractivity contribution in [2.75, 3.05) is 11.8 Å². The Bertz CT molecular complexity index is 758. The Morgan fingerprint density at radius 2 is 2.19 bits per heavy atom. The number of halogens is 1. The minimum absolute atomic E-state index is 0.00557. The largest absolute Gasteiger partial charge is 0.494 e. The number of nitrogens with one attached hydrogen (secondary N) is 2. The maximum Gasteiger partial charge on any atom is 0.265 e. The minimum atomic E-state index is -3.99. The zero-order valence-electron chi connectivity index (χ0n) is 11.3. The number of nitrogens with zero attached hydrogens (tertiary/aromatic N) is 1. The predicted octanol–water partition coefficient (Wildman–Crippen LogP) is 1.16. The van der Waals surface area contributed by atoms with Crippen LogP contribution in [0.4, 0.5) is 10.1 Å². The Labute approximate surface area is 120 Å². The summed E-state index contributed by atoms with van der Waals surface area (Å²) < 4.78 is 45.2. The average Bonchev–Trinajstić information content (AvgIpc) is 2.80. The molecule has 0 aliphatic heterocycles. The molecule has 2 rings (SSSR count). The summed E-state index contributed by atoms with van der Waals surface area (Å²) in [5.41, 5.74) is 0.312. The van der Waals surface area contributed by atoms with Gasteiger partial charge in [-0.2, -0.15) is 5.10 Å². The molecule has 114 valence electrons. The van der Waals surface area contributed by atoms with Crippen molar-refractivity contribution in [1.29, 1.82) is 0 Å². The van der Waals surface area contributed by atoms with Crippen molar-refractivity contribution >= 4 is 15.7 Å². The number of rotatable bonds is 5. The fraction of sp³-hybridized carbons (Fsp3) is 0.250. The van der Waals surface area contributed by atoms with E-state index in [0.29, 0.717) is 0 Å². The highest BCUT2D eigenvalue weighted by molar-refractivity contribution is 7.92. The van der Waals surface area contributed by atoms with E-state index in [9.17, 15) is 12.8 Å². The van der Waals surface area contributed by atoms with Crippen molar-refractivity contribution in [2.24, 2.45) is 0 Å². The van der Waals surface area contributed by atoms with Gasteiger partial charge in [0, 0.05) is 6.07 Å². The van der Waals surface area contributed by atoms with Gasteiger partial charge in [0.25, 0.3) is 10.0 Å². The summed E-state index contributed by atoms with van der Waals surface area (Å²) in [4.78, 5) is -0.152. The van der Waals surface area contributed by atoms with Crippen molar-refractivity contribution in [3.05, 3.63) is 35.4 Å². The number of aliphatic hydroxyl groups excluding tert-OH is 1. The molecule has 1 aromatic heterocycles. The second-order valence-electron chi connectivity index (χ2n) is 4.24. The number of H-pyrrole nitrogens is 1. The van der Waals surface area contributed by atoms with Gasteiger partial charge >= 0.3 is 0 Å². The lowest BCUT2D eigenvalue weighted by Crippen LogP contribution is -2.15. The molecule has 0 saturated heterocycles. The van der Waals surface area contributed by atoms with Gasteiger partial charge in [0.2, 0.25) is 0 Å². The molecule has 0 aliphatic carbocycles. The number of anilines is 1. The monoisotopic (exact) mass is 315 g/mol. The summed E-state index contributed by atoms with van der Waals surface area (Å²) in [7, 11) is -2.68. The highest BCUT2D eigenvalue weighted by atomic mass is 32.2. The van der Waals surface area contributed by atoms with E-state index in [1.807, 2.05) is 0 Å². The number of aryl methyl sites for hydroxylation is 1.